The smallest absolute Gasteiger partial charge is 0.197 e. The Labute approximate surface area is 107 Å². The van der Waals surface area contributed by atoms with Gasteiger partial charge in [-0.1, -0.05) is 28.1 Å². The summed E-state index contributed by atoms with van der Waals surface area (Å²) in [6.07, 6.45) is 0. The van der Waals surface area contributed by atoms with Crippen molar-refractivity contribution >= 4 is 37.7 Å². The quantitative estimate of drug-likeness (QED) is 0.581. The molecule has 17 heavy (non-hydrogen) atoms. The molecule has 84 valence electrons. The van der Waals surface area contributed by atoms with Crippen LogP contribution in [0.15, 0.2) is 51.7 Å². The molecule has 1 aromatic heterocycles. The van der Waals surface area contributed by atoms with Crippen molar-refractivity contribution in [1.29, 1.82) is 0 Å². The van der Waals surface area contributed by atoms with Crippen LogP contribution in [-0.2, 0) is 7.05 Å². The number of hydrogen-bond acceptors (Lipinski definition) is 1. The van der Waals surface area contributed by atoms with Gasteiger partial charge in [-0.05, 0) is 30.3 Å². The van der Waals surface area contributed by atoms with E-state index in [9.17, 15) is 4.79 Å². The molecule has 0 N–H and O–H groups in total. The third-order valence-corrected chi connectivity index (χ3v) is 3.57. The van der Waals surface area contributed by atoms with Crippen molar-refractivity contribution < 1.29 is 0 Å². The van der Waals surface area contributed by atoms with Crippen LogP contribution in [0, 0.1) is 0 Å². The third-order valence-electron chi connectivity index (χ3n) is 3.07. The normalized spacial score (nSPS) is 11.2. The minimum absolute atomic E-state index is 0.0926. The number of hydrogen-bond donors (Lipinski definition) is 0. The van der Waals surface area contributed by atoms with Gasteiger partial charge >= 0.3 is 0 Å². The van der Waals surface area contributed by atoms with Crippen molar-refractivity contribution in [3.8, 4) is 0 Å². The fourth-order valence-corrected chi connectivity index (χ4v) is 2.58. The van der Waals surface area contributed by atoms with Crippen LogP contribution in [0.1, 0.15) is 0 Å². The van der Waals surface area contributed by atoms with Crippen molar-refractivity contribution in [3.63, 3.8) is 0 Å². The molecule has 3 rings (SSSR count). The summed E-state index contributed by atoms with van der Waals surface area (Å²) in [6, 6.07) is 13.5. The Kier molecular flexibility index (Phi) is 2.30. The molecule has 1 heterocycles. The zero-order chi connectivity index (χ0) is 12.0. The number of aromatic nitrogens is 1. The standard InChI is InChI=1S/C14H10BrNO/c1-16-12-5-3-2-4-10(12)14(17)11-8-9(15)6-7-13(11)16/h2-8H,1H3. The highest BCUT2D eigenvalue weighted by molar-refractivity contribution is 9.10. The van der Waals surface area contributed by atoms with Crippen molar-refractivity contribution in [1.82, 2.24) is 4.57 Å². The average Bonchev–Trinajstić information content (AvgIpc) is 2.36. The molecule has 0 aliphatic heterocycles. The second-order valence-corrected chi connectivity index (χ2v) is 4.98. The van der Waals surface area contributed by atoms with Gasteiger partial charge in [0.2, 0.25) is 0 Å². The van der Waals surface area contributed by atoms with Gasteiger partial charge in [-0.25, -0.2) is 0 Å². The number of fused-ring (bicyclic) bond motifs is 2. The van der Waals surface area contributed by atoms with Crippen LogP contribution in [0.3, 0.4) is 0 Å². The maximum atomic E-state index is 12.4. The number of aryl methyl sites for hydroxylation is 1. The molecule has 0 aliphatic rings. The number of para-hydroxylation sites is 1. The summed E-state index contributed by atoms with van der Waals surface area (Å²) in [4.78, 5) is 12.4. The van der Waals surface area contributed by atoms with E-state index in [4.69, 9.17) is 0 Å². The molecular formula is C14H10BrNO. The molecular weight excluding hydrogens is 278 g/mol. The second kappa shape index (κ2) is 3.70. The van der Waals surface area contributed by atoms with E-state index in [1.165, 1.54) is 0 Å². The van der Waals surface area contributed by atoms with Crippen molar-refractivity contribution in [2.45, 2.75) is 0 Å². The average molecular weight is 288 g/mol. The fourth-order valence-electron chi connectivity index (χ4n) is 2.22. The van der Waals surface area contributed by atoms with E-state index in [-0.39, 0.29) is 5.43 Å². The van der Waals surface area contributed by atoms with E-state index in [1.54, 1.807) is 0 Å². The van der Waals surface area contributed by atoms with Gasteiger partial charge in [0.05, 0.1) is 11.0 Å². The molecule has 3 aromatic rings. The maximum absolute atomic E-state index is 12.4. The Morgan fingerprint density at radius 3 is 2.53 bits per heavy atom. The summed E-state index contributed by atoms with van der Waals surface area (Å²) in [6.45, 7) is 0. The number of rotatable bonds is 0. The molecule has 0 saturated heterocycles. The lowest BCUT2D eigenvalue weighted by Crippen LogP contribution is -2.08. The van der Waals surface area contributed by atoms with Gasteiger partial charge in [0.1, 0.15) is 0 Å². The fraction of sp³-hybridized carbons (Fsp3) is 0.0714. The Bertz CT molecular complexity index is 789. The first-order valence-corrected chi connectivity index (χ1v) is 6.15. The first-order valence-electron chi connectivity index (χ1n) is 5.35. The van der Waals surface area contributed by atoms with Crippen LogP contribution >= 0.6 is 15.9 Å². The van der Waals surface area contributed by atoms with Gasteiger partial charge in [0.15, 0.2) is 5.43 Å². The molecule has 0 unspecified atom stereocenters. The highest BCUT2D eigenvalue weighted by Gasteiger charge is 2.07. The lowest BCUT2D eigenvalue weighted by Gasteiger charge is -2.10. The van der Waals surface area contributed by atoms with E-state index in [2.05, 4.69) is 20.5 Å². The zero-order valence-corrected chi connectivity index (χ0v) is 10.9. The Morgan fingerprint density at radius 2 is 1.71 bits per heavy atom. The Balaban J connectivity index is 2.68. The van der Waals surface area contributed by atoms with E-state index < -0.39 is 0 Å². The van der Waals surface area contributed by atoms with Crippen molar-refractivity contribution in [2.75, 3.05) is 0 Å². The summed E-state index contributed by atoms with van der Waals surface area (Å²) < 4.78 is 2.98. The van der Waals surface area contributed by atoms with E-state index in [0.717, 1.165) is 26.3 Å². The molecule has 0 fully saturated rings. The van der Waals surface area contributed by atoms with Gasteiger partial charge in [-0.3, -0.25) is 4.79 Å². The van der Waals surface area contributed by atoms with E-state index >= 15 is 0 Å². The molecule has 0 radical (unpaired) electrons. The molecule has 0 spiro atoms. The topological polar surface area (TPSA) is 22.0 Å². The Hall–Kier alpha value is -1.61. The number of benzene rings is 2. The number of nitrogens with zero attached hydrogens (tertiary/aromatic N) is 1. The van der Waals surface area contributed by atoms with Crippen LogP contribution in [0.2, 0.25) is 0 Å². The van der Waals surface area contributed by atoms with Crippen molar-refractivity contribution in [3.05, 3.63) is 57.2 Å². The van der Waals surface area contributed by atoms with Crippen LogP contribution in [0.4, 0.5) is 0 Å². The summed E-state index contributed by atoms with van der Waals surface area (Å²) in [5.74, 6) is 0. The maximum Gasteiger partial charge on any atom is 0.197 e. The molecule has 0 atom stereocenters. The van der Waals surface area contributed by atoms with Gasteiger partial charge in [-0.15, -0.1) is 0 Å². The van der Waals surface area contributed by atoms with Crippen LogP contribution < -0.4 is 5.43 Å². The molecule has 2 aromatic carbocycles. The summed E-state index contributed by atoms with van der Waals surface area (Å²) >= 11 is 3.41. The third kappa shape index (κ3) is 1.50. The lowest BCUT2D eigenvalue weighted by molar-refractivity contribution is 1.00. The first kappa shape index (κ1) is 10.5. The zero-order valence-electron chi connectivity index (χ0n) is 9.27. The van der Waals surface area contributed by atoms with E-state index in [0.29, 0.717) is 0 Å². The lowest BCUT2D eigenvalue weighted by atomic mass is 10.1. The summed E-state index contributed by atoms with van der Waals surface area (Å²) in [5, 5.41) is 1.51. The van der Waals surface area contributed by atoms with Gasteiger partial charge in [0, 0.05) is 22.3 Å². The predicted molar refractivity (Wildman–Crippen MR) is 74.4 cm³/mol. The number of halogens is 1. The SMILES string of the molecule is Cn1c2ccccc2c(=O)c2cc(Br)ccc21. The van der Waals surface area contributed by atoms with Gasteiger partial charge in [-0.2, -0.15) is 0 Å². The van der Waals surface area contributed by atoms with Gasteiger partial charge < -0.3 is 4.57 Å². The summed E-state index contributed by atoms with van der Waals surface area (Å²) in [7, 11) is 1.98. The highest BCUT2D eigenvalue weighted by atomic mass is 79.9. The molecule has 2 nitrogen and oxygen atoms in total. The molecule has 3 heteroatoms. The van der Waals surface area contributed by atoms with Gasteiger partial charge in [0.25, 0.3) is 0 Å². The monoisotopic (exact) mass is 287 g/mol. The minimum atomic E-state index is 0.0926. The molecule has 0 amide bonds. The molecule has 0 aliphatic carbocycles. The highest BCUT2D eigenvalue weighted by Crippen LogP contribution is 2.21. The van der Waals surface area contributed by atoms with Crippen LogP contribution in [0.25, 0.3) is 21.8 Å². The van der Waals surface area contributed by atoms with Crippen LogP contribution in [0.5, 0.6) is 0 Å². The predicted octanol–water partition coefficient (Wildman–Crippen LogP) is 3.45. The van der Waals surface area contributed by atoms with Crippen LogP contribution in [-0.4, -0.2) is 4.57 Å². The number of pyridine rings is 1. The van der Waals surface area contributed by atoms with E-state index in [1.807, 2.05) is 49.5 Å². The second-order valence-electron chi connectivity index (χ2n) is 4.07. The molecule has 0 bridgehead atoms. The van der Waals surface area contributed by atoms with Crippen molar-refractivity contribution in [2.24, 2.45) is 7.05 Å². The largest absolute Gasteiger partial charge is 0.343 e. The molecule has 0 saturated carbocycles. The first-order chi connectivity index (χ1) is 8.18. The minimum Gasteiger partial charge on any atom is -0.343 e. The Morgan fingerprint density at radius 1 is 1.00 bits per heavy atom. The summed E-state index contributed by atoms with van der Waals surface area (Å²) in [5.41, 5.74) is 2.01.